The summed E-state index contributed by atoms with van der Waals surface area (Å²) in [6.07, 6.45) is 0. The number of primary sulfonamides is 1. The Morgan fingerprint density at radius 1 is 0.760 bits per heavy atom. The molecule has 130 valence electrons. The van der Waals surface area contributed by atoms with Crippen molar-refractivity contribution in [3.05, 3.63) is 54.1 Å². The minimum Gasteiger partial charge on any atom is -0.366 e. The van der Waals surface area contributed by atoms with Crippen LogP contribution in [0.5, 0.6) is 0 Å². The molecule has 2 rings (SSSR count). The van der Waals surface area contributed by atoms with E-state index in [0.717, 1.165) is 0 Å². The van der Waals surface area contributed by atoms with Crippen LogP contribution in [0.2, 0.25) is 0 Å². The van der Waals surface area contributed by atoms with Gasteiger partial charge >= 0.3 is 11.8 Å². The van der Waals surface area contributed by atoms with E-state index in [1.807, 2.05) is 0 Å². The summed E-state index contributed by atoms with van der Waals surface area (Å²) >= 11 is 0. The molecule has 2 aromatic rings. The predicted octanol–water partition coefficient (Wildman–Crippen LogP) is 0.0101. The number of rotatable bonds is 4. The topological polar surface area (TPSA) is 161 Å². The van der Waals surface area contributed by atoms with Gasteiger partial charge in [-0.15, -0.1) is 0 Å². The van der Waals surface area contributed by atoms with Crippen LogP contribution in [-0.4, -0.2) is 26.1 Å². The van der Waals surface area contributed by atoms with Gasteiger partial charge in [0.05, 0.1) is 4.90 Å². The predicted molar refractivity (Wildman–Crippen MR) is 90.0 cm³/mol. The number of primary amides is 1. The number of benzene rings is 2. The number of carbonyl (C=O) groups excluding carboxylic acids is 3. The Labute approximate surface area is 143 Å². The number of hydrogen-bond acceptors (Lipinski definition) is 5. The number of amides is 3. The minimum atomic E-state index is -3.84. The van der Waals surface area contributed by atoms with Crippen LogP contribution >= 0.6 is 0 Å². The highest BCUT2D eigenvalue weighted by atomic mass is 32.2. The highest BCUT2D eigenvalue weighted by Gasteiger charge is 2.15. The Kier molecular flexibility index (Phi) is 5.15. The van der Waals surface area contributed by atoms with E-state index in [1.165, 1.54) is 48.5 Å². The van der Waals surface area contributed by atoms with Crippen molar-refractivity contribution in [1.29, 1.82) is 0 Å². The van der Waals surface area contributed by atoms with Crippen molar-refractivity contribution in [1.82, 2.24) is 0 Å². The molecule has 2 aromatic carbocycles. The van der Waals surface area contributed by atoms with Crippen molar-refractivity contribution in [2.24, 2.45) is 10.9 Å². The smallest absolute Gasteiger partial charge is 0.314 e. The molecule has 0 saturated carbocycles. The van der Waals surface area contributed by atoms with Gasteiger partial charge in [-0.25, -0.2) is 13.6 Å². The first-order chi connectivity index (χ1) is 11.7. The Morgan fingerprint density at radius 2 is 1.16 bits per heavy atom. The number of nitrogens with one attached hydrogen (secondary N) is 2. The summed E-state index contributed by atoms with van der Waals surface area (Å²) in [4.78, 5) is 34.5. The maximum atomic E-state index is 11.8. The summed E-state index contributed by atoms with van der Waals surface area (Å²) in [6.45, 7) is 0. The average Bonchev–Trinajstić information content (AvgIpc) is 2.55. The molecule has 6 N–H and O–H groups in total. The van der Waals surface area contributed by atoms with Crippen LogP contribution in [0.1, 0.15) is 10.4 Å². The second-order valence-electron chi connectivity index (χ2n) is 4.92. The lowest BCUT2D eigenvalue weighted by Crippen LogP contribution is -2.29. The normalized spacial score (nSPS) is 10.8. The van der Waals surface area contributed by atoms with Crippen molar-refractivity contribution >= 4 is 39.1 Å². The maximum Gasteiger partial charge on any atom is 0.314 e. The van der Waals surface area contributed by atoms with Crippen molar-refractivity contribution in [2.75, 3.05) is 10.6 Å². The summed E-state index contributed by atoms with van der Waals surface area (Å²) in [5.74, 6) is -2.51. The number of carbonyl (C=O) groups is 3. The number of sulfonamides is 1. The molecule has 0 fully saturated rings. The van der Waals surface area contributed by atoms with Crippen LogP contribution < -0.4 is 21.5 Å². The van der Waals surface area contributed by atoms with Gasteiger partial charge in [0.15, 0.2) is 0 Å². The Balaban J connectivity index is 2.00. The van der Waals surface area contributed by atoms with Gasteiger partial charge in [0.25, 0.3) is 0 Å². The van der Waals surface area contributed by atoms with Crippen LogP contribution in [0.25, 0.3) is 0 Å². The fourth-order valence-corrected chi connectivity index (χ4v) is 2.34. The van der Waals surface area contributed by atoms with Crippen molar-refractivity contribution in [3.63, 3.8) is 0 Å². The van der Waals surface area contributed by atoms with Gasteiger partial charge in [-0.1, -0.05) is 0 Å². The Bertz CT molecular complexity index is 921. The van der Waals surface area contributed by atoms with E-state index in [2.05, 4.69) is 10.6 Å². The van der Waals surface area contributed by atoms with E-state index in [0.29, 0.717) is 5.69 Å². The SMILES string of the molecule is NC(=O)c1ccc(NC(=O)C(=O)Nc2ccc(S(N)(=O)=O)cc2)cc1. The van der Waals surface area contributed by atoms with E-state index in [-0.39, 0.29) is 16.1 Å². The molecule has 0 aromatic heterocycles. The van der Waals surface area contributed by atoms with Gasteiger partial charge in [0, 0.05) is 16.9 Å². The molecule has 9 nitrogen and oxygen atoms in total. The maximum absolute atomic E-state index is 11.8. The lowest BCUT2D eigenvalue weighted by atomic mass is 10.2. The van der Waals surface area contributed by atoms with Crippen molar-refractivity contribution < 1.29 is 22.8 Å². The minimum absolute atomic E-state index is 0.121. The van der Waals surface area contributed by atoms with E-state index in [9.17, 15) is 22.8 Å². The van der Waals surface area contributed by atoms with E-state index < -0.39 is 27.7 Å². The number of anilines is 2. The van der Waals surface area contributed by atoms with Crippen LogP contribution in [0.3, 0.4) is 0 Å². The van der Waals surface area contributed by atoms with Crippen LogP contribution in [-0.2, 0) is 19.6 Å². The third-order valence-corrected chi connectivity index (χ3v) is 4.00. The molecule has 0 unspecified atom stereocenters. The highest BCUT2D eigenvalue weighted by molar-refractivity contribution is 7.89. The zero-order valence-corrected chi connectivity index (χ0v) is 13.5. The fourth-order valence-electron chi connectivity index (χ4n) is 1.82. The molecular formula is C15H14N4O5S. The van der Waals surface area contributed by atoms with Gasteiger partial charge in [0.2, 0.25) is 15.9 Å². The first kappa shape index (κ1) is 18.1. The van der Waals surface area contributed by atoms with E-state index in [1.54, 1.807) is 0 Å². The molecule has 25 heavy (non-hydrogen) atoms. The molecule has 0 saturated heterocycles. The molecule has 0 aliphatic carbocycles. The number of hydrogen-bond donors (Lipinski definition) is 4. The van der Waals surface area contributed by atoms with Crippen molar-refractivity contribution in [2.45, 2.75) is 4.90 Å². The van der Waals surface area contributed by atoms with Gasteiger partial charge in [-0.2, -0.15) is 0 Å². The largest absolute Gasteiger partial charge is 0.366 e. The van der Waals surface area contributed by atoms with Crippen LogP contribution in [0.4, 0.5) is 11.4 Å². The summed E-state index contributed by atoms with van der Waals surface area (Å²) in [6, 6.07) is 10.7. The molecule has 0 radical (unpaired) electrons. The lowest BCUT2D eigenvalue weighted by Gasteiger charge is -2.07. The summed E-state index contributed by atoms with van der Waals surface area (Å²) < 4.78 is 22.3. The molecular weight excluding hydrogens is 348 g/mol. The third-order valence-electron chi connectivity index (χ3n) is 3.07. The Morgan fingerprint density at radius 3 is 1.52 bits per heavy atom. The second-order valence-corrected chi connectivity index (χ2v) is 6.48. The zero-order chi connectivity index (χ0) is 18.6. The number of nitrogens with two attached hydrogens (primary N) is 2. The molecule has 0 spiro atoms. The molecule has 0 bridgehead atoms. The lowest BCUT2D eigenvalue weighted by molar-refractivity contribution is -0.132. The van der Waals surface area contributed by atoms with E-state index >= 15 is 0 Å². The first-order valence-electron chi connectivity index (χ1n) is 6.82. The summed E-state index contributed by atoms with van der Waals surface area (Å²) in [5.41, 5.74) is 5.88. The third kappa shape index (κ3) is 4.86. The molecule has 0 heterocycles. The fraction of sp³-hybridized carbons (Fsp3) is 0. The molecule has 0 aliphatic heterocycles. The van der Waals surface area contributed by atoms with E-state index in [4.69, 9.17) is 10.9 Å². The van der Waals surface area contributed by atoms with Crippen LogP contribution in [0.15, 0.2) is 53.4 Å². The molecule has 10 heteroatoms. The van der Waals surface area contributed by atoms with Gasteiger partial charge in [-0.3, -0.25) is 14.4 Å². The standard InChI is InChI=1S/C15H14N4O5S/c16-13(20)9-1-3-10(4-2-9)18-14(21)15(22)19-11-5-7-12(8-6-11)25(17,23)24/h1-8H,(H2,16,20)(H,18,21)(H,19,22)(H2,17,23,24). The molecule has 3 amide bonds. The summed E-state index contributed by atoms with van der Waals surface area (Å²) in [5, 5.41) is 9.62. The quantitative estimate of drug-likeness (QED) is 0.562. The first-order valence-corrected chi connectivity index (χ1v) is 8.36. The monoisotopic (exact) mass is 362 g/mol. The van der Waals surface area contributed by atoms with Crippen LogP contribution in [0, 0.1) is 0 Å². The second kappa shape index (κ2) is 7.11. The van der Waals surface area contributed by atoms with Gasteiger partial charge < -0.3 is 16.4 Å². The zero-order valence-electron chi connectivity index (χ0n) is 12.7. The van der Waals surface area contributed by atoms with Gasteiger partial charge in [-0.05, 0) is 48.5 Å². The molecule has 0 atom stereocenters. The highest BCUT2D eigenvalue weighted by Crippen LogP contribution is 2.13. The average molecular weight is 362 g/mol. The van der Waals surface area contributed by atoms with Crippen molar-refractivity contribution in [3.8, 4) is 0 Å². The Hall–Kier alpha value is -3.24. The summed E-state index contributed by atoms with van der Waals surface area (Å²) in [7, 11) is -3.84. The van der Waals surface area contributed by atoms with Gasteiger partial charge in [0.1, 0.15) is 0 Å². The molecule has 0 aliphatic rings.